The minimum Gasteiger partial charge on any atom is -0.496 e. The second kappa shape index (κ2) is 9.48. The van der Waals surface area contributed by atoms with E-state index in [0.29, 0.717) is 37.7 Å². The number of nitrogens with zero attached hydrogens (tertiary/aromatic N) is 2. The Morgan fingerprint density at radius 1 is 1.09 bits per heavy atom. The third kappa shape index (κ3) is 4.10. The van der Waals surface area contributed by atoms with E-state index in [-0.39, 0.29) is 11.7 Å². The SMILES string of the molecule is CCOc1ccc2c(c1)n(C1CCOCC1)c(=O)n2Cc1ccc(C(=O)OC)cc1OC. The van der Waals surface area contributed by atoms with Gasteiger partial charge in [0.15, 0.2) is 0 Å². The van der Waals surface area contributed by atoms with Crippen LogP contribution in [0.2, 0.25) is 0 Å². The molecule has 2 aromatic carbocycles. The minimum absolute atomic E-state index is 0.0699. The topological polar surface area (TPSA) is 80.9 Å². The Kier molecular flexibility index (Phi) is 6.50. The summed E-state index contributed by atoms with van der Waals surface area (Å²) in [4.78, 5) is 25.5. The fourth-order valence-corrected chi connectivity index (χ4v) is 4.26. The van der Waals surface area contributed by atoms with Crippen LogP contribution in [0.1, 0.15) is 41.7 Å². The third-order valence-corrected chi connectivity index (χ3v) is 5.84. The van der Waals surface area contributed by atoms with Gasteiger partial charge in [-0.15, -0.1) is 0 Å². The van der Waals surface area contributed by atoms with Crippen molar-refractivity contribution < 1.29 is 23.7 Å². The Morgan fingerprint density at radius 2 is 1.88 bits per heavy atom. The Labute approximate surface area is 186 Å². The van der Waals surface area contributed by atoms with Crippen LogP contribution in [-0.2, 0) is 16.0 Å². The second-order valence-electron chi connectivity index (χ2n) is 7.68. The standard InChI is InChI=1S/C24H28N2O6/c1-4-32-19-7-8-20-21(14-19)26(18-9-11-31-12-10-18)24(28)25(20)15-17-6-5-16(23(27)30-3)13-22(17)29-2/h5-8,13-14,18H,4,9-12,15H2,1-3H3. The molecule has 32 heavy (non-hydrogen) atoms. The molecule has 1 aromatic heterocycles. The molecule has 0 aliphatic carbocycles. The van der Waals surface area contributed by atoms with Crippen LogP contribution in [-0.4, -0.2) is 49.1 Å². The first kappa shape index (κ1) is 22.0. The van der Waals surface area contributed by atoms with E-state index < -0.39 is 5.97 Å². The highest BCUT2D eigenvalue weighted by molar-refractivity contribution is 5.90. The first-order valence-corrected chi connectivity index (χ1v) is 10.8. The average Bonchev–Trinajstić information content (AvgIpc) is 3.10. The van der Waals surface area contributed by atoms with Crippen LogP contribution in [0.4, 0.5) is 0 Å². The number of benzene rings is 2. The predicted molar refractivity (Wildman–Crippen MR) is 120 cm³/mol. The number of rotatable bonds is 7. The molecular formula is C24H28N2O6. The first-order chi connectivity index (χ1) is 15.6. The van der Waals surface area contributed by atoms with Crippen LogP contribution in [0, 0.1) is 0 Å². The van der Waals surface area contributed by atoms with E-state index in [9.17, 15) is 9.59 Å². The normalized spacial score (nSPS) is 14.5. The lowest BCUT2D eigenvalue weighted by Gasteiger charge is -2.23. The van der Waals surface area contributed by atoms with Gasteiger partial charge in [-0.05, 0) is 44.0 Å². The van der Waals surface area contributed by atoms with Crippen molar-refractivity contribution in [1.29, 1.82) is 0 Å². The zero-order chi connectivity index (χ0) is 22.7. The lowest BCUT2D eigenvalue weighted by molar-refractivity contribution is 0.0600. The summed E-state index contributed by atoms with van der Waals surface area (Å²) in [7, 11) is 2.88. The van der Waals surface area contributed by atoms with Gasteiger partial charge in [-0.25, -0.2) is 9.59 Å². The van der Waals surface area contributed by atoms with Crippen molar-refractivity contribution in [3.05, 3.63) is 58.0 Å². The van der Waals surface area contributed by atoms with Crippen LogP contribution in [0.15, 0.2) is 41.2 Å². The summed E-state index contributed by atoms with van der Waals surface area (Å²) < 4.78 is 25.1. The summed E-state index contributed by atoms with van der Waals surface area (Å²) in [5, 5.41) is 0. The molecule has 0 bridgehead atoms. The van der Waals surface area contributed by atoms with Crippen molar-refractivity contribution in [3.8, 4) is 11.5 Å². The van der Waals surface area contributed by atoms with Crippen molar-refractivity contribution in [2.45, 2.75) is 32.4 Å². The molecule has 8 heteroatoms. The maximum atomic E-state index is 13.6. The number of aromatic nitrogens is 2. The van der Waals surface area contributed by atoms with Crippen molar-refractivity contribution in [1.82, 2.24) is 9.13 Å². The number of imidazole rings is 1. The highest BCUT2D eigenvalue weighted by Crippen LogP contribution is 2.29. The largest absolute Gasteiger partial charge is 0.496 e. The smallest absolute Gasteiger partial charge is 0.337 e. The minimum atomic E-state index is -0.438. The second-order valence-corrected chi connectivity index (χ2v) is 7.68. The zero-order valence-corrected chi connectivity index (χ0v) is 18.6. The molecule has 1 aliphatic heterocycles. The summed E-state index contributed by atoms with van der Waals surface area (Å²) in [6.45, 7) is 4.07. The fourth-order valence-electron chi connectivity index (χ4n) is 4.26. The van der Waals surface area contributed by atoms with Gasteiger partial charge in [0.05, 0.1) is 44.0 Å². The summed E-state index contributed by atoms with van der Waals surface area (Å²) in [6.07, 6.45) is 1.57. The van der Waals surface area contributed by atoms with Gasteiger partial charge in [0.1, 0.15) is 11.5 Å². The van der Waals surface area contributed by atoms with Crippen molar-refractivity contribution in [2.75, 3.05) is 34.0 Å². The maximum absolute atomic E-state index is 13.6. The molecule has 0 saturated carbocycles. The Bertz CT molecular complexity index is 1170. The van der Waals surface area contributed by atoms with Gasteiger partial charge < -0.3 is 18.9 Å². The molecule has 0 atom stereocenters. The number of ether oxygens (including phenoxy) is 4. The first-order valence-electron chi connectivity index (χ1n) is 10.8. The quantitative estimate of drug-likeness (QED) is 0.524. The van der Waals surface area contributed by atoms with Gasteiger partial charge in [-0.2, -0.15) is 0 Å². The number of carbonyl (C=O) groups excluding carboxylic acids is 1. The molecule has 170 valence electrons. The number of hydrogen-bond acceptors (Lipinski definition) is 6. The highest BCUT2D eigenvalue weighted by atomic mass is 16.5. The van der Waals surface area contributed by atoms with Gasteiger partial charge in [-0.1, -0.05) is 6.07 Å². The van der Waals surface area contributed by atoms with Crippen LogP contribution < -0.4 is 15.2 Å². The van der Waals surface area contributed by atoms with Gasteiger partial charge in [-0.3, -0.25) is 9.13 Å². The lowest BCUT2D eigenvalue weighted by atomic mass is 10.1. The fraction of sp³-hybridized carbons (Fsp3) is 0.417. The van der Waals surface area contributed by atoms with Gasteiger partial charge >= 0.3 is 11.7 Å². The van der Waals surface area contributed by atoms with E-state index in [1.165, 1.54) is 7.11 Å². The molecule has 0 unspecified atom stereocenters. The molecule has 0 spiro atoms. The number of methoxy groups -OCH3 is 2. The van der Waals surface area contributed by atoms with Crippen LogP contribution >= 0.6 is 0 Å². The van der Waals surface area contributed by atoms with Crippen LogP contribution in [0.5, 0.6) is 11.5 Å². The predicted octanol–water partition coefficient (Wildman–Crippen LogP) is 3.40. The van der Waals surface area contributed by atoms with Crippen molar-refractivity contribution in [2.24, 2.45) is 0 Å². The zero-order valence-electron chi connectivity index (χ0n) is 18.6. The summed E-state index contributed by atoms with van der Waals surface area (Å²) >= 11 is 0. The molecule has 1 fully saturated rings. The summed E-state index contributed by atoms with van der Waals surface area (Å²) in [5.74, 6) is 0.822. The number of esters is 1. The van der Waals surface area contributed by atoms with Gasteiger partial charge in [0.25, 0.3) is 0 Å². The highest BCUT2D eigenvalue weighted by Gasteiger charge is 2.24. The molecule has 4 rings (SSSR count). The molecule has 3 aromatic rings. The summed E-state index contributed by atoms with van der Waals surface area (Å²) in [6, 6.07) is 10.9. The number of carbonyl (C=O) groups is 1. The van der Waals surface area contributed by atoms with Gasteiger partial charge in [0.2, 0.25) is 0 Å². The Hall–Kier alpha value is -3.26. The molecule has 0 N–H and O–H groups in total. The van der Waals surface area contributed by atoms with E-state index in [0.717, 1.165) is 35.2 Å². The molecular weight excluding hydrogens is 412 g/mol. The Morgan fingerprint density at radius 3 is 2.56 bits per heavy atom. The number of hydrogen-bond donors (Lipinski definition) is 0. The molecule has 0 radical (unpaired) electrons. The maximum Gasteiger partial charge on any atom is 0.337 e. The van der Waals surface area contributed by atoms with E-state index in [4.69, 9.17) is 18.9 Å². The Balaban J connectivity index is 1.81. The van der Waals surface area contributed by atoms with E-state index in [1.54, 1.807) is 29.9 Å². The van der Waals surface area contributed by atoms with E-state index >= 15 is 0 Å². The van der Waals surface area contributed by atoms with E-state index in [2.05, 4.69) is 0 Å². The third-order valence-electron chi connectivity index (χ3n) is 5.84. The van der Waals surface area contributed by atoms with Gasteiger partial charge in [0, 0.05) is 30.9 Å². The average molecular weight is 440 g/mol. The van der Waals surface area contributed by atoms with Crippen molar-refractivity contribution in [3.63, 3.8) is 0 Å². The van der Waals surface area contributed by atoms with Crippen LogP contribution in [0.25, 0.3) is 11.0 Å². The molecule has 2 heterocycles. The molecule has 8 nitrogen and oxygen atoms in total. The van der Waals surface area contributed by atoms with Crippen molar-refractivity contribution >= 4 is 17.0 Å². The molecule has 1 saturated heterocycles. The van der Waals surface area contributed by atoms with Crippen LogP contribution in [0.3, 0.4) is 0 Å². The number of fused-ring (bicyclic) bond motifs is 1. The van der Waals surface area contributed by atoms with E-state index in [1.807, 2.05) is 29.7 Å². The molecule has 0 amide bonds. The molecule has 1 aliphatic rings. The summed E-state index contributed by atoms with van der Waals surface area (Å²) in [5.41, 5.74) is 2.77. The lowest BCUT2D eigenvalue weighted by Crippen LogP contribution is -2.31. The monoisotopic (exact) mass is 440 g/mol.